The van der Waals surface area contributed by atoms with Crippen LogP contribution in [0.2, 0.25) is 0 Å². The van der Waals surface area contributed by atoms with E-state index in [1.165, 1.54) is 0 Å². The van der Waals surface area contributed by atoms with Crippen molar-refractivity contribution in [2.24, 2.45) is 13.0 Å². The number of hydrogen-bond donors (Lipinski definition) is 0. The van der Waals surface area contributed by atoms with E-state index in [-0.39, 0.29) is 11.7 Å². The van der Waals surface area contributed by atoms with Crippen LogP contribution in [0.3, 0.4) is 0 Å². The number of aromatic nitrogens is 2. The summed E-state index contributed by atoms with van der Waals surface area (Å²) in [5.74, 6) is 0.456. The molecule has 3 nitrogen and oxygen atoms in total. The van der Waals surface area contributed by atoms with Crippen LogP contribution in [0.5, 0.6) is 0 Å². The second-order valence-corrected chi connectivity index (χ2v) is 4.39. The smallest absolute Gasteiger partial charge is 0.169 e. The van der Waals surface area contributed by atoms with Crippen LogP contribution in [0.4, 0.5) is 0 Å². The maximum atomic E-state index is 12.2. The van der Waals surface area contributed by atoms with Crippen LogP contribution in [0, 0.1) is 5.92 Å². The maximum absolute atomic E-state index is 12.2. The van der Waals surface area contributed by atoms with Crippen molar-refractivity contribution in [3.05, 3.63) is 18.0 Å². The van der Waals surface area contributed by atoms with Crippen LogP contribution in [0.15, 0.2) is 12.4 Å². The Morgan fingerprint density at radius 2 is 2.12 bits per heavy atom. The highest BCUT2D eigenvalue weighted by Crippen LogP contribution is 2.20. The van der Waals surface area contributed by atoms with Gasteiger partial charge in [-0.15, -0.1) is 0 Å². The van der Waals surface area contributed by atoms with Crippen LogP contribution in [0.1, 0.15) is 56.3 Å². The second-order valence-electron chi connectivity index (χ2n) is 4.39. The standard InChI is InChI=1S/C13H22N2O/c1-4-6-8-11(7-5-2)13(16)12-9-14-15(3)10-12/h9-11H,4-8H2,1-3H3. The van der Waals surface area contributed by atoms with Gasteiger partial charge in [-0.25, -0.2) is 0 Å². The predicted octanol–water partition coefficient (Wildman–Crippen LogP) is 3.21. The van der Waals surface area contributed by atoms with Crippen LogP contribution < -0.4 is 0 Å². The maximum Gasteiger partial charge on any atom is 0.169 e. The van der Waals surface area contributed by atoms with Gasteiger partial charge in [0.1, 0.15) is 0 Å². The van der Waals surface area contributed by atoms with E-state index in [1.807, 2.05) is 13.2 Å². The van der Waals surface area contributed by atoms with Crippen molar-refractivity contribution in [2.75, 3.05) is 0 Å². The minimum atomic E-state index is 0.189. The lowest BCUT2D eigenvalue weighted by Crippen LogP contribution is -2.14. The Balaban J connectivity index is 2.66. The lowest BCUT2D eigenvalue weighted by Gasteiger charge is -2.13. The zero-order valence-electron chi connectivity index (χ0n) is 10.6. The van der Waals surface area contributed by atoms with E-state index in [2.05, 4.69) is 18.9 Å². The molecule has 0 amide bonds. The Kier molecular flexibility index (Phi) is 5.23. The van der Waals surface area contributed by atoms with E-state index >= 15 is 0 Å². The van der Waals surface area contributed by atoms with Gasteiger partial charge in [-0.2, -0.15) is 5.10 Å². The van der Waals surface area contributed by atoms with Crippen molar-refractivity contribution in [3.8, 4) is 0 Å². The summed E-state index contributed by atoms with van der Waals surface area (Å²) in [6.07, 6.45) is 8.86. The fraction of sp³-hybridized carbons (Fsp3) is 0.692. The Bertz CT molecular complexity index is 330. The Labute approximate surface area is 97.8 Å². The van der Waals surface area contributed by atoms with Gasteiger partial charge < -0.3 is 0 Å². The Morgan fingerprint density at radius 1 is 1.38 bits per heavy atom. The SMILES string of the molecule is CCCCC(CCC)C(=O)c1cnn(C)c1. The first-order valence-corrected chi connectivity index (χ1v) is 6.21. The Hall–Kier alpha value is -1.12. The molecular weight excluding hydrogens is 200 g/mol. The number of aryl methyl sites for hydroxylation is 1. The molecule has 0 aliphatic carbocycles. The van der Waals surface area contributed by atoms with E-state index in [1.54, 1.807) is 10.9 Å². The molecule has 1 unspecified atom stereocenters. The van der Waals surface area contributed by atoms with Gasteiger partial charge in [0, 0.05) is 19.2 Å². The summed E-state index contributed by atoms with van der Waals surface area (Å²) in [5.41, 5.74) is 0.761. The number of carbonyl (C=O) groups is 1. The Morgan fingerprint density at radius 3 is 2.62 bits per heavy atom. The second kappa shape index (κ2) is 6.46. The van der Waals surface area contributed by atoms with Gasteiger partial charge >= 0.3 is 0 Å². The minimum Gasteiger partial charge on any atom is -0.294 e. The molecule has 1 atom stereocenters. The van der Waals surface area contributed by atoms with Crippen molar-refractivity contribution in [3.63, 3.8) is 0 Å². The summed E-state index contributed by atoms with van der Waals surface area (Å²) >= 11 is 0. The molecule has 1 rings (SSSR count). The van der Waals surface area contributed by atoms with Crippen LogP contribution in [-0.2, 0) is 7.05 Å². The molecule has 1 aromatic rings. The molecule has 0 fully saturated rings. The molecule has 1 heterocycles. The van der Waals surface area contributed by atoms with Crippen LogP contribution >= 0.6 is 0 Å². The topological polar surface area (TPSA) is 34.9 Å². The van der Waals surface area contributed by atoms with Gasteiger partial charge in [0.05, 0.1) is 11.8 Å². The molecule has 0 saturated carbocycles. The van der Waals surface area contributed by atoms with E-state index in [4.69, 9.17) is 0 Å². The molecule has 1 aromatic heterocycles. The number of hydrogen-bond acceptors (Lipinski definition) is 2. The number of nitrogens with zero attached hydrogens (tertiary/aromatic N) is 2. The van der Waals surface area contributed by atoms with E-state index in [0.717, 1.165) is 37.7 Å². The highest BCUT2D eigenvalue weighted by atomic mass is 16.1. The molecule has 0 spiro atoms. The lowest BCUT2D eigenvalue weighted by molar-refractivity contribution is 0.0903. The highest BCUT2D eigenvalue weighted by Gasteiger charge is 2.19. The number of rotatable bonds is 7. The fourth-order valence-electron chi connectivity index (χ4n) is 1.99. The molecule has 90 valence electrons. The molecule has 16 heavy (non-hydrogen) atoms. The number of ketones is 1. The average Bonchev–Trinajstić information content (AvgIpc) is 2.70. The molecule has 0 aliphatic rings. The first-order valence-electron chi connectivity index (χ1n) is 6.21. The molecule has 0 saturated heterocycles. The summed E-state index contributed by atoms with van der Waals surface area (Å²) < 4.78 is 1.69. The van der Waals surface area contributed by atoms with Gasteiger partial charge in [0.25, 0.3) is 0 Å². The molecule has 0 radical (unpaired) electrons. The predicted molar refractivity (Wildman–Crippen MR) is 65.5 cm³/mol. The summed E-state index contributed by atoms with van der Waals surface area (Å²) in [4.78, 5) is 12.2. The third kappa shape index (κ3) is 3.47. The third-order valence-corrected chi connectivity index (χ3v) is 2.90. The van der Waals surface area contributed by atoms with E-state index < -0.39 is 0 Å². The zero-order valence-corrected chi connectivity index (χ0v) is 10.6. The zero-order chi connectivity index (χ0) is 12.0. The van der Waals surface area contributed by atoms with Crippen molar-refractivity contribution in [2.45, 2.75) is 46.0 Å². The molecule has 3 heteroatoms. The van der Waals surface area contributed by atoms with Crippen molar-refractivity contribution >= 4 is 5.78 Å². The number of carbonyl (C=O) groups excluding carboxylic acids is 1. The number of unbranched alkanes of at least 4 members (excludes halogenated alkanes) is 1. The lowest BCUT2D eigenvalue weighted by atomic mass is 9.90. The first kappa shape index (κ1) is 12.9. The molecule has 0 bridgehead atoms. The molecule has 0 aliphatic heterocycles. The van der Waals surface area contributed by atoms with Crippen molar-refractivity contribution < 1.29 is 4.79 Å². The fourth-order valence-corrected chi connectivity index (χ4v) is 1.99. The normalized spacial score (nSPS) is 12.7. The molecular formula is C13H22N2O. The minimum absolute atomic E-state index is 0.189. The van der Waals surface area contributed by atoms with Gasteiger partial charge in [0.15, 0.2) is 5.78 Å². The molecule has 0 N–H and O–H groups in total. The van der Waals surface area contributed by atoms with Crippen molar-refractivity contribution in [1.82, 2.24) is 9.78 Å². The average molecular weight is 222 g/mol. The van der Waals surface area contributed by atoms with Gasteiger partial charge in [0.2, 0.25) is 0 Å². The van der Waals surface area contributed by atoms with Crippen LogP contribution in [0.25, 0.3) is 0 Å². The van der Waals surface area contributed by atoms with E-state index in [9.17, 15) is 4.79 Å². The monoisotopic (exact) mass is 222 g/mol. The highest BCUT2D eigenvalue weighted by molar-refractivity contribution is 5.97. The quantitative estimate of drug-likeness (QED) is 0.664. The van der Waals surface area contributed by atoms with Gasteiger partial charge in [-0.1, -0.05) is 33.1 Å². The van der Waals surface area contributed by atoms with Crippen molar-refractivity contribution in [1.29, 1.82) is 0 Å². The van der Waals surface area contributed by atoms with Gasteiger partial charge in [-0.05, 0) is 12.8 Å². The van der Waals surface area contributed by atoms with E-state index in [0.29, 0.717) is 0 Å². The summed E-state index contributed by atoms with van der Waals surface area (Å²) in [6, 6.07) is 0. The number of Topliss-reactive ketones (excluding diaryl/α,β-unsaturated/α-hetero) is 1. The third-order valence-electron chi connectivity index (χ3n) is 2.90. The van der Waals surface area contributed by atoms with Gasteiger partial charge in [-0.3, -0.25) is 9.48 Å². The summed E-state index contributed by atoms with van der Waals surface area (Å²) in [6.45, 7) is 4.30. The summed E-state index contributed by atoms with van der Waals surface area (Å²) in [5, 5.41) is 4.06. The summed E-state index contributed by atoms with van der Waals surface area (Å²) in [7, 11) is 1.84. The molecule has 0 aromatic carbocycles. The van der Waals surface area contributed by atoms with Crippen LogP contribution in [-0.4, -0.2) is 15.6 Å². The first-order chi connectivity index (χ1) is 7.69. The largest absolute Gasteiger partial charge is 0.294 e.